The number of carbonyl (C=O) groups is 2. The van der Waals surface area contributed by atoms with Gasteiger partial charge < -0.3 is 19.3 Å². The summed E-state index contributed by atoms with van der Waals surface area (Å²) in [5.41, 5.74) is 9.10. The number of hydrogen-bond acceptors (Lipinski definition) is 9. The molecule has 296 valence electrons. The Kier molecular flexibility index (Phi) is 17.9. The molecule has 3 heterocycles. The molecule has 0 saturated carbocycles. The molecular formula is C46H57N4O4S2+. The Bertz CT molecular complexity index is 1840. The van der Waals surface area contributed by atoms with Crippen LogP contribution >= 0.6 is 21.6 Å². The highest BCUT2D eigenvalue weighted by molar-refractivity contribution is 8.77. The Morgan fingerprint density at radius 1 is 0.768 bits per heavy atom. The maximum Gasteiger partial charge on any atom is 0.316 e. The zero-order chi connectivity index (χ0) is 39.4. The maximum atomic E-state index is 12.2. The van der Waals surface area contributed by atoms with Crippen molar-refractivity contribution >= 4 is 68.8 Å². The van der Waals surface area contributed by atoms with E-state index in [2.05, 4.69) is 118 Å². The molecule has 2 aliphatic rings. The Balaban J connectivity index is 0.881. The highest BCUT2D eigenvalue weighted by Gasteiger charge is 2.13. The molecule has 5 rings (SSSR count). The van der Waals surface area contributed by atoms with Crippen molar-refractivity contribution < 1.29 is 23.6 Å². The molecule has 0 bridgehead atoms. The normalized spacial score (nSPS) is 15.0. The van der Waals surface area contributed by atoms with E-state index in [1.165, 1.54) is 64.2 Å². The number of aliphatic imine (C=N–C) groups is 1. The van der Waals surface area contributed by atoms with Crippen LogP contribution in [-0.4, -0.2) is 75.1 Å². The number of rotatable bonds is 21. The van der Waals surface area contributed by atoms with Gasteiger partial charge in [0.15, 0.2) is 18.4 Å². The van der Waals surface area contributed by atoms with Crippen LogP contribution in [0, 0.1) is 6.92 Å². The lowest BCUT2D eigenvalue weighted by Gasteiger charge is -2.17. The van der Waals surface area contributed by atoms with E-state index in [1.54, 1.807) is 0 Å². The lowest BCUT2D eigenvalue weighted by atomic mass is 10.1. The van der Waals surface area contributed by atoms with Crippen molar-refractivity contribution in [2.24, 2.45) is 4.99 Å². The fraction of sp³-hybridized carbons (Fsp3) is 0.391. The predicted octanol–water partition coefficient (Wildman–Crippen LogP) is 9.19. The first kappa shape index (κ1) is 42.6. The molecule has 0 radical (unpaired) electrons. The third kappa shape index (κ3) is 14.8. The summed E-state index contributed by atoms with van der Waals surface area (Å²) < 4.78 is 12.9. The van der Waals surface area contributed by atoms with Crippen LogP contribution in [0.4, 0.5) is 11.4 Å². The van der Waals surface area contributed by atoms with Crippen molar-refractivity contribution in [3.05, 3.63) is 120 Å². The van der Waals surface area contributed by atoms with Crippen molar-refractivity contribution in [1.82, 2.24) is 0 Å². The molecule has 2 saturated heterocycles. The molecule has 2 fully saturated rings. The molecule has 0 amide bonds. The molecule has 0 unspecified atom stereocenters. The number of aromatic nitrogens is 1. The summed E-state index contributed by atoms with van der Waals surface area (Å²) in [6.07, 6.45) is 20.8. The molecule has 8 nitrogen and oxygen atoms in total. The Labute approximate surface area is 341 Å². The third-order valence-electron chi connectivity index (χ3n) is 9.72. The quantitative estimate of drug-likeness (QED) is 0.0264. The van der Waals surface area contributed by atoms with Crippen molar-refractivity contribution in [3.8, 4) is 0 Å². The average Bonchev–Trinajstić information content (AvgIpc) is 3.96. The van der Waals surface area contributed by atoms with E-state index in [0.717, 1.165) is 67.3 Å². The van der Waals surface area contributed by atoms with E-state index in [1.807, 2.05) is 25.2 Å². The number of anilines is 2. The van der Waals surface area contributed by atoms with Gasteiger partial charge in [0.2, 0.25) is 0 Å². The zero-order valence-corrected chi connectivity index (χ0v) is 34.7. The van der Waals surface area contributed by atoms with Crippen LogP contribution in [0.3, 0.4) is 0 Å². The Morgan fingerprint density at radius 2 is 1.30 bits per heavy atom. The summed E-state index contributed by atoms with van der Waals surface area (Å²) in [5.74, 6) is -0.231. The minimum Gasteiger partial charge on any atom is -0.465 e. The molecular weight excluding hydrogens is 737 g/mol. The average molecular weight is 794 g/mol. The molecule has 56 heavy (non-hydrogen) atoms. The van der Waals surface area contributed by atoms with Crippen LogP contribution in [0.15, 0.2) is 102 Å². The van der Waals surface area contributed by atoms with Gasteiger partial charge >= 0.3 is 11.9 Å². The van der Waals surface area contributed by atoms with Gasteiger partial charge in [-0.15, -0.1) is 0 Å². The van der Waals surface area contributed by atoms with E-state index < -0.39 is 0 Å². The number of esters is 2. The van der Waals surface area contributed by atoms with Gasteiger partial charge in [-0.25, -0.2) is 4.57 Å². The summed E-state index contributed by atoms with van der Waals surface area (Å²) in [7, 11) is 2.61. The second kappa shape index (κ2) is 23.5. The summed E-state index contributed by atoms with van der Waals surface area (Å²) in [6, 6.07) is 21.7. The summed E-state index contributed by atoms with van der Waals surface area (Å²) >= 11 is 0. The number of ether oxygens (including phenoxy) is 2. The standard InChI is InChI=1S/C46H57N4O4S2/c1-4-39(11-12-40-15-19-43(20-16-40)49-25-5-6-26-49)33-37(2)47-24-9-31-53-45(51)35-55-56-36-46(52)54-32-10-29-48-30-23-42(34-38(48)3)14-13-41-17-21-44(22-18-41)50-27-7-8-28-50/h4,11-23,30,33-34H,1,5-10,24-29,31-32,35-36H2,2-3H3/q+1/b12-11+,39-33+,47-37?. The topological polar surface area (TPSA) is 75.3 Å². The SMILES string of the molecule is C=CC(/C=C/c1ccc(N2CCCC2)cc1)=C\C(C)=NCCCOC(=O)CSSCC(=O)OCCC[n+]1ccc(/C=C/c2ccc(N3CCCC3)cc2)cc1C. The molecule has 1 aromatic heterocycles. The minimum atomic E-state index is -0.301. The highest BCUT2D eigenvalue weighted by Crippen LogP contribution is 2.23. The van der Waals surface area contributed by atoms with Crippen LogP contribution in [0.1, 0.15) is 67.8 Å². The van der Waals surface area contributed by atoms with E-state index >= 15 is 0 Å². The number of carbonyl (C=O) groups excluding carboxylic acids is 2. The summed E-state index contributed by atoms with van der Waals surface area (Å²) in [5, 5.41) is 0. The minimum absolute atomic E-state index is 0.172. The van der Waals surface area contributed by atoms with Gasteiger partial charge in [0.25, 0.3) is 0 Å². The number of nitrogens with zero attached hydrogens (tertiary/aromatic N) is 4. The van der Waals surface area contributed by atoms with Gasteiger partial charge in [-0.1, -0.05) is 82.8 Å². The molecule has 10 heteroatoms. The molecule has 0 N–H and O–H groups in total. The molecule has 2 aliphatic heterocycles. The zero-order valence-electron chi connectivity index (χ0n) is 33.1. The molecule has 0 atom stereocenters. The number of hydrogen-bond donors (Lipinski definition) is 0. The van der Waals surface area contributed by atoms with Gasteiger partial charge in [-0.2, -0.15) is 0 Å². The van der Waals surface area contributed by atoms with Crippen LogP contribution in [0.2, 0.25) is 0 Å². The summed E-state index contributed by atoms with van der Waals surface area (Å²) in [6.45, 7) is 14.6. The Hall–Kier alpha value is -4.54. The first-order chi connectivity index (χ1) is 27.4. The van der Waals surface area contributed by atoms with Gasteiger partial charge in [0.1, 0.15) is 11.5 Å². The molecule has 0 spiro atoms. The Morgan fingerprint density at radius 3 is 1.86 bits per heavy atom. The molecule has 3 aromatic rings. The van der Waals surface area contributed by atoms with Crippen LogP contribution in [0.5, 0.6) is 0 Å². The van der Waals surface area contributed by atoms with Gasteiger partial charge in [-0.3, -0.25) is 14.6 Å². The van der Waals surface area contributed by atoms with E-state index in [0.29, 0.717) is 26.2 Å². The van der Waals surface area contributed by atoms with Crippen molar-refractivity contribution in [3.63, 3.8) is 0 Å². The lowest BCUT2D eigenvalue weighted by molar-refractivity contribution is -0.703. The van der Waals surface area contributed by atoms with Crippen LogP contribution < -0.4 is 14.4 Å². The second-order valence-corrected chi connectivity index (χ2v) is 16.5. The fourth-order valence-corrected chi connectivity index (χ4v) is 8.20. The maximum absolute atomic E-state index is 12.2. The van der Waals surface area contributed by atoms with Crippen LogP contribution in [0.25, 0.3) is 18.2 Å². The highest BCUT2D eigenvalue weighted by atomic mass is 33.1. The number of pyridine rings is 1. The first-order valence-corrected chi connectivity index (χ1v) is 22.3. The monoisotopic (exact) mass is 793 g/mol. The van der Waals surface area contributed by atoms with Gasteiger partial charge in [0.05, 0.1) is 13.2 Å². The van der Waals surface area contributed by atoms with E-state index in [-0.39, 0.29) is 23.4 Å². The molecule has 2 aromatic carbocycles. The van der Waals surface area contributed by atoms with Crippen molar-refractivity contribution in [2.75, 3.05) is 67.2 Å². The fourth-order valence-electron chi connectivity index (χ4n) is 6.60. The lowest BCUT2D eigenvalue weighted by Crippen LogP contribution is -2.37. The smallest absolute Gasteiger partial charge is 0.316 e. The van der Waals surface area contributed by atoms with E-state index in [4.69, 9.17) is 9.47 Å². The number of benzene rings is 2. The van der Waals surface area contributed by atoms with E-state index in [9.17, 15) is 9.59 Å². The number of allylic oxidation sites excluding steroid dienone is 4. The first-order valence-electron chi connectivity index (χ1n) is 19.8. The van der Waals surface area contributed by atoms with Crippen molar-refractivity contribution in [1.29, 1.82) is 0 Å². The molecule has 0 aliphatic carbocycles. The van der Waals surface area contributed by atoms with Crippen LogP contribution in [-0.2, 0) is 25.6 Å². The van der Waals surface area contributed by atoms with Gasteiger partial charge in [0, 0.05) is 81.7 Å². The summed E-state index contributed by atoms with van der Waals surface area (Å²) in [4.78, 5) is 33.8. The number of aryl methyl sites for hydroxylation is 2. The third-order valence-corrected chi connectivity index (χ3v) is 11.8. The largest absolute Gasteiger partial charge is 0.465 e. The van der Waals surface area contributed by atoms with Crippen molar-refractivity contribution in [2.45, 2.75) is 58.9 Å². The predicted molar refractivity (Wildman–Crippen MR) is 237 cm³/mol. The second-order valence-electron chi connectivity index (χ2n) is 14.1. The van der Waals surface area contributed by atoms with Gasteiger partial charge in [-0.05, 0) is 85.2 Å².